The van der Waals surface area contributed by atoms with Crippen molar-refractivity contribution in [2.45, 2.75) is 26.3 Å². The highest BCUT2D eigenvalue weighted by Crippen LogP contribution is 2.18. The Kier molecular flexibility index (Phi) is 6.02. The van der Waals surface area contributed by atoms with Crippen LogP contribution in [0.4, 0.5) is 0 Å². The van der Waals surface area contributed by atoms with Crippen molar-refractivity contribution in [2.24, 2.45) is 5.92 Å². The maximum absolute atomic E-state index is 11.7. The molecular formula is C14H18BrNO3. The quantitative estimate of drug-likeness (QED) is 0.844. The zero-order chi connectivity index (χ0) is 14.4. The number of ether oxygens (including phenoxy) is 1. The second kappa shape index (κ2) is 7.28. The summed E-state index contributed by atoms with van der Waals surface area (Å²) in [4.78, 5) is 23.5. The van der Waals surface area contributed by atoms with Gasteiger partial charge in [0.05, 0.1) is 7.11 Å². The molecule has 0 aromatic heterocycles. The van der Waals surface area contributed by atoms with Crippen molar-refractivity contribution in [1.82, 2.24) is 5.32 Å². The van der Waals surface area contributed by atoms with E-state index >= 15 is 0 Å². The number of benzene rings is 1. The van der Waals surface area contributed by atoms with E-state index in [4.69, 9.17) is 4.74 Å². The van der Waals surface area contributed by atoms with Gasteiger partial charge in [0.2, 0.25) is 5.91 Å². The summed E-state index contributed by atoms with van der Waals surface area (Å²) >= 11 is 3.43. The Morgan fingerprint density at radius 1 is 1.32 bits per heavy atom. The number of nitrogens with one attached hydrogen (secondary N) is 1. The fourth-order valence-electron chi connectivity index (χ4n) is 1.56. The predicted octanol–water partition coefficient (Wildman–Crippen LogP) is 2.31. The summed E-state index contributed by atoms with van der Waals surface area (Å²) in [7, 11) is 1.32. The number of rotatable bonds is 5. The molecule has 1 amide bonds. The molecular weight excluding hydrogens is 310 g/mol. The topological polar surface area (TPSA) is 55.4 Å². The predicted molar refractivity (Wildman–Crippen MR) is 76.6 cm³/mol. The second-order valence-corrected chi connectivity index (χ2v) is 5.39. The molecule has 0 bridgehead atoms. The number of esters is 1. The maximum Gasteiger partial charge on any atom is 0.328 e. The molecule has 0 aliphatic heterocycles. The summed E-state index contributed by atoms with van der Waals surface area (Å²) in [6.07, 6.45) is 0.395. The Labute approximate surface area is 121 Å². The highest BCUT2D eigenvalue weighted by atomic mass is 79.9. The molecule has 1 rings (SSSR count). The molecule has 104 valence electrons. The van der Waals surface area contributed by atoms with Crippen molar-refractivity contribution in [3.63, 3.8) is 0 Å². The van der Waals surface area contributed by atoms with E-state index < -0.39 is 12.0 Å². The number of amides is 1. The molecule has 5 heteroatoms. The number of hydrogen-bond acceptors (Lipinski definition) is 3. The van der Waals surface area contributed by atoms with Gasteiger partial charge in [-0.1, -0.05) is 48.0 Å². The highest BCUT2D eigenvalue weighted by Gasteiger charge is 2.23. The number of halogens is 1. The number of carbonyl (C=O) groups is 2. The van der Waals surface area contributed by atoms with E-state index in [9.17, 15) is 9.59 Å². The molecule has 0 radical (unpaired) electrons. The fraction of sp³-hybridized carbons (Fsp3) is 0.429. The first-order chi connectivity index (χ1) is 8.95. The number of hydrogen-bond donors (Lipinski definition) is 1. The summed E-state index contributed by atoms with van der Waals surface area (Å²) < 4.78 is 5.64. The Morgan fingerprint density at radius 2 is 1.95 bits per heavy atom. The van der Waals surface area contributed by atoms with Crippen LogP contribution in [0.5, 0.6) is 0 Å². The molecule has 0 spiro atoms. The Morgan fingerprint density at radius 3 is 2.47 bits per heavy atom. The van der Waals surface area contributed by atoms with Gasteiger partial charge < -0.3 is 10.1 Å². The number of methoxy groups -OCH3 is 1. The minimum Gasteiger partial charge on any atom is -0.467 e. The van der Waals surface area contributed by atoms with E-state index in [1.165, 1.54) is 7.11 Å². The molecule has 19 heavy (non-hydrogen) atoms. The van der Waals surface area contributed by atoms with Crippen molar-refractivity contribution in [2.75, 3.05) is 7.11 Å². The van der Waals surface area contributed by atoms with Gasteiger partial charge in [0.1, 0.15) is 6.04 Å². The Hall–Kier alpha value is -1.36. The standard InChI is InChI=1S/C14H18BrNO3/c1-9(2)13(17)16-12(14(18)19-3)8-10-6-4-5-7-11(10)15/h4-7,9,12H,8H2,1-3H3,(H,16,17)/t12-/m0/s1. The summed E-state index contributed by atoms with van der Waals surface area (Å²) in [5, 5.41) is 2.71. The largest absolute Gasteiger partial charge is 0.467 e. The molecule has 0 saturated heterocycles. The first-order valence-electron chi connectivity index (χ1n) is 6.07. The minimum atomic E-state index is -0.668. The van der Waals surface area contributed by atoms with Gasteiger partial charge in [0, 0.05) is 16.8 Å². The fourth-order valence-corrected chi connectivity index (χ4v) is 2.00. The van der Waals surface area contributed by atoms with Crippen LogP contribution in [-0.2, 0) is 20.7 Å². The molecule has 0 unspecified atom stereocenters. The smallest absolute Gasteiger partial charge is 0.328 e. The third kappa shape index (κ3) is 4.67. The SMILES string of the molecule is COC(=O)[C@H](Cc1ccccc1Br)NC(=O)C(C)C. The van der Waals surface area contributed by atoms with E-state index in [1.54, 1.807) is 13.8 Å². The molecule has 0 aliphatic carbocycles. The normalized spacial score (nSPS) is 12.1. The molecule has 1 aromatic carbocycles. The van der Waals surface area contributed by atoms with E-state index in [1.807, 2.05) is 24.3 Å². The van der Waals surface area contributed by atoms with E-state index in [0.717, 1.165) is 10.0 Å². The van der Waals surface area contributed by atoms with Gasteiger partial charge in [0.15, 0.2) is 0 Å². The van der Waals surface area contributed by atoms with Crippen LogP contribution in [0.2, 0.25) is 0 Å². The van der Waals surface area contributed by atoms with Crippen molar-refractivity contribution < 1.29 is 14.3 Å². The maximum atomic E-state index is 11.7. The van der Waals surface area contributed by atoms with Crippen molar-refractivity contribution in [3.8, 4) is 0 Å². The molecule has 0 fully saturated rings. The first-order valence-corrected chi connectivity index (χ1v) is 6.86. The zero-order valence-electron chi connectivity index (χ0n) is 11.3. The molecule has 4 nitrogen and oxygen atoms in total. The van der Waals surface area contributed by atoms with Crippen molar-refractivity contribution in [1.29, 1.82) is 0 Å². The van der Waals surface area contributed by atoms with Gasteiger partial charge >= 0.3 is 5.97 Å². The van der Waals surface area contributed by atoms with Crippen LogP contribution in [0, 0.1) is 5.92 Å². The van der Waals surface area contributed by atoms with Crippen LogP contribution < -0.4 is 5.32 Å². The zero-order valence-corrected chi connectivity index (χ0v) is 12.9. The van der Waals surface area contributed by atoms with E-state index in [2.05, 4.69) is 21.2 Å². The van der Waals surface area contributed by atoms with Crippen LogP contribution in [0.25, 0.3) is 0 Å². The minimum absolute atomic E-state index is 0.164. The van der Waals surface area contributed by atoms with Crippen molar-refractivity contribution >= 4 is 27.8 Å². The molecule has 0 aliphatic rings. The summed E-state index contributed by atoms with van der Waals surface area (Å²) in [6.45, 7) is 3.56. The third-order valence-electron chi connectivity index (χ3n) is 2.71. The second-order valence-electron chi connectivity index (χ2n) is 4.53. The average Bonchev–Trinajstić information content (AvgIpc) is 2.39. The van der Waals surface area contributed by atoms with Gasteiger partial charge in [-0.2, -0.15) is 0 Å². The Bertz CT molecular complexity index is 460. The molecule has 1 N–H and O–H groups in total. The van der Waals surface area contributed by atoms with Crippen LogP contribution in [0.1, 0.15) is 19.4 Å². The monoisotopic (exact) mass is 327 g/mol. The third-order valence-corrected chi connectivity index (χ3v) is 3.48. The van der Waals surface area contributed by atoms with Crippen LogP contribution in [0.3, 0.4) is 0 Å². The lowest BCUT2D eigenvalue weighted by atomic mass is 10.1. The molecule has 0 saturated carbocycles. The van der Waals surface area contributed by atoms with Crippen molar-refractivity contribution in [3.05, 3.63) is 34.3 Å². The van der Waals surface area contributed by atoms with Gasteiger partial charge in [-0.25, -0.2) is 4.79 Å². The van der Waals surface area contributed by atoms with Crippen LogP contribution >= 0.6 is 15.9 Å². The van der Waals surface area contributed by atoms with Gasteiger partial charge in [0.25, 0.3) is 0 Å². The first kappa shape index (κ1) is 15.7. The lowest BCUT2D eigenvalue weighted by Gasteiger charge is -2.18. The van der Waals surface area contributed by atoms with Crippen LogP contribution in [-0.4, -0.2) is 25.0 Å². The Balaban J connectivity index is 2.84. The lowest BCUT2D eigenvalue weighted by Crippen LogP contribution is -2.44. The lowest BCUT2D eigenvalue weighted by molar-refractivity contribution is -0.145. The highest BCUT2D eigenvalue weighted by molar-refractivity contribution is 9.10. The van der Waals surface area contributed by atoms with Gasteiger partial charge in [-0.05, 0) is 11.6 Å². The summed E-state index contributed by atoms with van der Waals surface area (Å²) in [5.74, 6) is -0.779. The van der Waals surface area contributed by atoms with Gasteiger partial charge in [-0.15, -0.1) is 0 Å². The summed E-state index contributed by atoms with van der Waals surface area (Å²) in [6, 6.07) is 6.92. The average molecular weight is 328 g/mol. The molecule has 0 heterocycles. The summed E-state index contributed by atoms with van der Waals surface area (Å²) in [5.41, 5.74) is 0.946. The molecule has 1 aromatic rings. The number of carbonyl (C=O) groups excluding carboxylic acids is 2. The van der Waals surface area contributed by atoms with E-state index in [-0.39, 0.29) is 11.8 Å². The molecule has 1 atom stereocenters. The van der Waals surface area contributed by atoms with Gasteiger partial charge in [-0.3, -0.25) is 4.79 Å². The van der Waals surface area contributed by atoms with Crippen LogP contribution in [0.15, 0.2) is 28.7 Å². The van der Waals surface area contributed by atoms with E-state index in [0.29, 0.717) is 6.42 Å².